The van der Waals surface area contributed by atoms with E-state index in [2.05, 4.69) is 32.0 Å². The first-order valence-corrected chi connectivity index (χ1v) is 11.6. The molecule has 0 aliphatic heterocycles. The quantitative estimate of drug-likeness (QED) is 0.290. The van der Waals surface area contributed by atoms with Crippen molar-refractivity contribution < 1.29 is 19.1 Å². The lowest BCUT2D eigenvalue weighted by Gasteiger charge is -2.14. The normalized spacial score (nSPS) is 10.6. The largest absolute Gasteiger partial charge is 0.495 e. The number of hydrogen-bond acceptors (Lipinski definition) is 4. The summed E-state index contributed by atoms with van der Waals surface area (Å²) in [5, 5.41) is 6.40. The minimum Gasteiger partial charge on any atom is -0.495 e. The van der Waals surface area contributed by atoms with Crippen molar-refractivity contribution in [3.63, 3.8) is 0 Å². The number of nitrogens with zero attached hydrogens (tertiary/aromatic N) is 1. The second kappa shape index (κ2) is 10.2. The fourth-order valence-corrected chi connectivity index (χ4v) is 4.23. The molecule has 3 aromatic carbocycles. The van der Waals surface area contributed by atoms with Crippen LogP contribution < -0.4 is 20.8 Å². The number of benzene rings is 3. The average molecular weight is 556 g/mol. The lowest BCUT2D eigenvalue weighted by atomic mass is 10.2. The first kappa shape index (κ1) is 24.3. The van der Waals surface area contributed by atoms with Crippen LogP contribution in [0.2, 0.25) is 5.02 Å². The van der Waals surface area contributed by atoms with Crippen molar-refractivity contribution in [3.05, 3.63) is 87.5 Å². The van der Waals surface area contributed by atoms with E-state index in [0.717, 1.165) is 5.56 Å². The van der Waals surface area contributed by atoms with Crippen LogP contribution in [0.1, 0.15) is 16.1 Å². The Kier molecular flexibility index (Phi) is 7.09. The van der Waals surface area contributed by atoms with Gasteiger partial charge in [0.2, 0.25) is 0 Å². The summed E-state index contributed by atoms with van der Waals surface area (Å²) in [6.07, 6.45) is 0. The van der Waals surface area contributed by atoms with Crippen LogP contribution in [-0.2, 0) is 9.59 Å². The topological polar surface area (TPSA) is 101 Å². The first-order valence-electron chi connectivity index (χ1n) is 10.4. The number of amides is 3. The molecule has 3 N–H and O–H groups in total. The highest BCUT2D eigenvalue weighted by atomic mass is 79.9. The summed E-state index contributed by atoms with van der Waals surface area (Å²) in [5.41, 5.74) is 5.01. The molecular weight excluding hydrogens is 536 g/mol. The monoisotopic (exact) mass is 554 g/mol. The van der Waals surface area contributed by atoms with E-state index in [1.165, 1.54) is 11.8 Å². The molecule has 0 unspecified atom stereocenters. The minimum atomic E-state index is -0.978. The van der Waals surface area contributed by atoms with E-state index in [-0.39, 0.29) is 5.69 Å². The van der Waals surface area contributed by atoms with Crippen molar-refractivity contribution in [1.29, 1.82) is 0 Å². The Morgan fingerprint density at radius 3 is 2.43 bits per heavy atom. The number of methoxy groups -OCH3 is 1. The lowest BCUT2D eigenvalue weighted by molar-refractivity contribution is -0.133. The zero-order valence-electron chi connectivity index (χ0n) is 18.7. The van der Waals surface area contributed by atoms with Gasteiger partial charge in [0.05, 0.1) is 24.0 Å². The maximum Gasteiger partial charge on any atom is 0.328 e. The number of anilines is 2. The van der Waals surface area contributed by atoms with Gasteiger partial charge in [0, 0.05) is 14.9 Å². The molecule has 0 aliphatic rings. The van der Waals surface area contributed by atoms with Crippen LogP contribution in [-0.4, -0.2) is 29.5 Å². The van der Waals surface area contributed by atoms with Gasteiger partial charge < -0.3 is 15.4 Å². The molecule has 0 bridgehead atoms. The summed E-state index contributed by atoms with van der Waals surface area (Å²) >= 11 is 9.56. The highest BCUT2D eigenvalue weighted by Crippen LogP contribution is 2.27. The van der Waals surface area contributed by atoms with E-state index >= 15 is 0 Å². The fraction of sp³-hybridized carbons (Fsp3) is 0.0800. The third-order valence-corrected chi connectivity index (χ3v) is 6.03. The Labute approximate surface area is 214 Å². The molecule has 0 atom stereocenters. The van der Waals surface area contributed by atoms with Gasteiger partial charge in [-0.25, -0.2) is 4.68 Å². The number of ether oxygens (including phenoxy) is 1. The zero-order chi connectivity index (χ0) is 25.1. The number of fused-ring (bicyclic) bond motifs is 1. The molecule has 1 aromatic heterocycles. The summed E-state index contributed by atoms with van der Waals surface area (Å²) in [7, 11) is 1.46. The fourth-order valence-electron chi connectivity index (χ4n) is 3.46. The van der Waals surface area contributed by atoms with Crippen LogP contribution in [0.25, 0.3) is 10.9 Å². The van der Waals surface area contributed by atoms with Crippen LogP contribution >= 0.6 is 27.5 Å². The van der Waals surface area contributed by atoms with Crippen LogP contribution in [0.15, 0.2) is 71.2 Å². The Morgan fingerprint density at radius 2 is 1.69 bits per heavy atom. The molecule has 0 saturated carbocycles. The zero-order valence-corrected chi connectivity index (χ0v) is 21.0. The summed E-state index contributed by atoms with van der Waals surface area (Å²) in [6.45, 7) is 1.93. The smallest absolute Gasteiger partial charge is 0.328 e. The summed E-state index contributed by atoms with van der Waals surface area (Å²) in [4.78, 5) is 38.6. The molecule has 0 spiro atoms. The molecule has 0 aliphatic carbocycles. The molecule has 0 fully saturated rings. The number of aryl methyl sites for hydroxylation is 1. The molecule has 3 amide bonds. The summed E-state index contributed by atoms with van der Waals surface area (Å²) in [5.74, 6) is -2.00. The summed E-state index contributed by atoms with van der Waals surface area (Å²) < 4.78 is 7.17. The standard InChI is InChI=1S/C25H20BrClN4O4/c1-14-7-9-18(17(26)11-14)28-23(32)21-13-15-12-16(27)8-10-20(15)31(21)30-25(34)24(33)29-19-5-3-4-6-22(19)35-2/h3-13H,1-2H3,(H,28,32)(H,29,33)(H,30,34). The predicted molar refractivity (Wildman–Crippen MR) is 140 cm³/mol. The van der Waals surface area contributed by atoms with Crippen molar-refractivity contribution in [2.75, 3.05) is 23.2 Å². The Morgan fingerprint density at radius 1 is 0.914 bits per heavy atom. The van der Waals surface area contributed by atoms with Gasteiger partial charge in [-0.05, 0) is 76.9 Å². The number of para-hydroxylation sites is 2. The highest BCUT2D eigenvalue weighted by Gasteiger charge is 2.22. The van der Waals surface area contributed by atoms with Crippen LogP contribution in [0, 0.1) is 6.92 Å². The van der Waals surface area contributed by atoms with Crippen molar-refractivity contribution >= 4 is 67.5 Å². The van der Waals surface area contributed by atoms with Gasteiger partial charge in [-0.2, -0.15) is 0 Å². The SMILES string of the molecule is COc1ccccc1NC(=O)C(=O)Nn1c(C(=O)Nc2ccc(C)cc2Br)cc2cc(Cl)ccc21. The molecule has 10 heteroatoms. The number of carbonyl (C=O) groups is 3. The number of hydrogen-bond donors (Lipinski definition) is 3. The first-order chi connectivity index (χ1) is 16.8. The van der Waals surface area contributed by atoms with Gasteiger partial charge in [0.25, 0.3) is 5.91 Å². The predicted octanol–water partition coefficient (Wildman–Crippen LogP) is 5.34. The van der Waals surface area contributed by atoms with Gasteiger partial charge in [-0.1, -0.05) is 29.8 Å². The molecule has 0 radical (unpaired) electrons. The van der Waals surface area contributed by atoms with E-state index < -0.39 is 17.7 Å². The number of carbonyl (C=O) groups excluding carboxylic acids is 3. The summed E-state index contributed by atoms with van der Waals surface area (Å²) in [6, 6.07) is 18.7. The van der Waals surface area contributed by atoms with Crippen molar-refractivity contribution in [2.45, 2.75) is 6.92 Å². The van der Waals surface area contributed by atoms with Crippen molar-refractivity contribution in [3.8, 4) is 5.75 Å². The minimum absolute atomic E-state index is 0.105. The molecule has 0 saturated heterocycles. The van der Waals surface area contributed by atoms with E-state index in [0.29, 0.717) is 37.5 Å². The Bertz CT molecular complexity index is 1470. The van der Waals surface area contributed by atoms with Gasteiger partial charge in [0.15, 0.2) is 0 Å². The molecule has 4 rings (SSSR count). The molecule has 35 heavy (non-hydrogen) atoms. The third kappa shape index (κ3) is 5.31. The molecule has 8 nitrogen and oxygen atoms in total. The van der Waals surface area contributed by atoms with E-state index in [1.54, 1.807) is 54.6 Å². The van der Waals surface area contributed by atoms with E-state index in [4.69, 9.17) is 16.3 Å². The number of rotatable bonds is 5. The number of nitrogens with one attached hydrogen (secondary N) is 3. The molecular formula is C25H20BrClN4O4. The third-order valence-electron chi connectivity index (χ3n) is 5.14. The molecule has 4 aromatic rings. The number of aromatic nitrogens is 1. The maximum absolute atomic E-state index is 13.2. The van der Waals surface area contributed by atoms with Crippen molar-refractivity contribution in [1.82, 2.24) is 4.68 Å². The highest BCUT2D eigenvalue weighted by molar-refractivity contribution is 9.10. The lowest BCUT2D eigenvalue weighted by Crippen LogP contribution is -2.36. The van der Waals surface area contributed by atoms with Crippen molar-refractivity contribution in [2.24, 2.45) is 0 Å². The Hall–Kier alpha value is -3.82. The van der Waals surface area contributed by atoms with Crippen LogP contribution in [0.4, 0.5) is 11.4 Å². The molecule has 178 valence electrons. The Balaban J connectivity index is 1.64. The van der Waals surface area contributed by atoms with E-state index in [9.17, 15) is 14.4 Å². The van der Waals surface area contributed by atoms with Gasteiger partial charge in [-0.3, -0.25) is 19.8 Å². The van der Waals surface area contributed by atoms with Gasteiger partial charge in [0.1, 0.15) is 11.4 Å². The van der Waals surface area contributed by atoms with E-state index in [1.807, 2.05) is 19.1 Å². The average Bonchev–Trinajstić information content (AvgIpc) is 3.18. The second-order valence-electron chi connectivity index (χ2n) is 7.60. The maximum atomic E-state index is 13.2. The van der Waals surface area contributed by atoms with Crippen LogP contribution in [0.5, 0.6) is 5.75 Å². The van der Waals surface area contributed by atoms with Crippen LogP contribution in [0.3, 0.4) is 0 Å². The van der Waals surface area contributed by atoms with Gasteiger partial charge in [-0.15, -0.1) is 0 Å². The van der Waals surface area contributed by atoms with Gasteiger partial charge >= 0.3 is 11.8 Å². The second-order valence-corrected chi connectivity index (χ2v) is 8.89. The molecule has 1 heterocycles. The number of halogens is 2.